The molecule has 2 aromatic rings. The van der Waals surface area contributed by atoms with Gasteiger partial charge in [-0.2, -0.15) is 8.78 Å². The van der Waals surface area contributed by atoms with Crippen LogP contribution in [0.25, 0.3) is 17.1 Å². The first-order valence-electron chi connectivity index (χ1n) is 6.61. The lowest BCUT2D eigenvalue weighted by molar-refractivity contribution is -0.0236. The van der Waals surface area contributed by atoms with Crippen molar-refractivity contribution in [3.05, 3.63) is 54.3 Å². The van der Waals surface area contributed by atoms with Crippen LogP contribution in [-0.4, -0.2) is 27.1 Å². The Kier molecular flexibility index (Phi) is 6.12. The minimum Gasteiger partial charge on any atom is -0.464 e. The molecule has 0 bridgehead atoms. The predicted octanol–water partition coefficient (Wildman–Crippen LogP) is 4.15. The van der Waals surface area contributed by atoms with Gasteiger partial charge >= 0.3 is 6.08 Å². The standard InChI is InChI=1S/C16H16F2O4/c1-19-9-10-20-11-22-15(16(17)18)13-6-4-12(5-7-13)14-3-2-8-21-14/h2-8H,9-11H2,1H3. The van der Waals surface area contributed by atoms with Gasteiger partial charge in [-0.05, 0) is 12.1 Å². The van der Waals surface area contributed by atoms with Crippen LogP contribution in [0.4, 0.5) is 8.78 Å². The molecule has 4 nitrogen and oxygen atoms in total. The number of hydrogen-bond donors (Lipinski definition) is 0. The van der Waals surface area contributed by atoms with Crippen molar-refractivity contribution < 1.29 is 27.4 Å². The predicted molar refractivity (Wildman–Crippen MR) is 77.1 cm³/mol. The number of halogens is 2. The Morgan fingerprint density at radius 3 is 2.45 bits per heavy atom. The molecule has 0 saturated heterocycles. The molecule has 0 spiro atoms. The third kappa shape index (κ3) is 4.41. The second kappa shape index (κ2) is 8.31. The van der Waals surface area contributed by atoms with Crippen molar-refractivity contribution in [2.24, 2.45) is 0 Å². The molecule has 6 heteroatoms. The van der Waals surface area contributed by atoms with E-state index in [9.17, 15) is 8.78 Å². The molecule has 22 heavy (non-hydrogen) atoms. The van der Waals surface area contributed by atoms with Gasteiger partial charge in [0.1, 0.15) is 5.76 Å². The van der Waals surface area contributed by atoms with Gasteiger partial charge in [-0.25, -0.2) is 0 Å². The molecular formula is C16H16F2O4. The minimum atomic E-state index is -1.90. The molecule has 0 aliphatic heterocycles. The zero-order chi connectivity index (χ0) is 15.8. The highest BCUT2D eigenvalue weighted by Crippen LogP contribution is 2.26. The molecule has 1 heterocycles. The first kappa shape index (κ1) is 16.2. The molecule has 2 rings (SSSR count). The maximum Gasteiger partial charge on any atom is 0.312 e. The fraction of sp³-hybridized carbons (Fsp3) is 0.250. The van der Waals surface area contributed by atoms with Gasteiger partial charge in [0.25, 0.3) is 0 Å². The molecule has 1 aromatic heterocycles. The average Bonchev–Trinajstić information content (AvgIpc) is 3.05. The largest absolute Gasteiger partial charge is 0.464 e. The van der Waals surface area contributed by atoms with Crippen molar-refractivity contribution in [2.45, 2.75) is 0 Å². The Morgan fingerprint density at radius 2 is 1.86 bits per heavy atom. The van der Waals surface area contributed by atoms with Crippen LogP contribution in [0.2, 0.25) is 0 Å². The maximum absolute atomic E-state index is 13.0. The number of benzene rings is 1. The third-order valence-corrected chi connectivity index (χ3v) is 2.84. The SMILES string of the molecule is COCCOCOC(=C(F)F)c1ccc(-c2ccco2)cc1. The zero-order valence-corrected chi connectivity index (χ0v) is 12.1. The monoisotopic (exact) mass is 310 g/mol. The van der Waals surface area contributed by atoms with Crippen LogP contribution in [0, 0.1) is 0 Å². The summed E-state index contributed by atoms with van der Waals surface area (Å²) in [5.74, 6) is 0.171. The average molecular weight is 310 g/mol. The van der Waals surface area contributed by atoms with E-state index < -0.39 is 11.8 Å². The van der Waals surface area contributed by atoms with Crippen LogP contribution in [0.1, 0.15) is 5.56 Å². The Hall–Kier alpha value is -2.18. The summed E-state index contributed by atoms with van der Waals surface area (Å²) in [6.07, 6.45) is -0.350. The Morgan fingerprint density at radius 1 is 1.09 bits per heavy atom. The lowest BCUT2D eigenvalue weighted by Gasteiger charge is -2.10. The van der Waals surface area contributed by atoms with Gasteiger partial charge in [0.05, 0.1) is 19.5 Å². The zero-order valence-electron chi connectivity index (χ0n) is 12.1. The Balaban J connectivity index is 2.02. The minimum absolute atomic E-state index is 0.268. The Bertz CT molecular complexity index is 587. The van der Waals surface area contributed by atoms with Gasteiger partial charge in [0, 0.05) is 18.2 Å². The normalized spacial score (nSPS) is 10.5. The van der Waals surface area contributed by atoms with Gasteiger partial charge in [-0.1, -0.05) is 24.3 Å². The highest BCUT2D eigenvalue weighted by molar-refractivity contribution is 5.65. The maximum atomic E-state index is 13.0. The molecule has 0 aliphatic rings. The van der Waals surface area contributed by atoms with Gasteiger partial charge in [-0.15, -0.1) is 0 Å². The molecule has 0 aliphatic carbocycles. The summed E-state index contributed by atoms with van der Waals surface area (Å²) < 4.78 is 46.0. The van der Waals surface area contributed by atoms with Gasteiger partial charge < -0.3 is 18.6 Å². The summed E-state index contributed by atoms with van der Waals surface area (Å²) in [4.78, 5) is 0. The molecule has 0 radical (unpaired) electrons. The van der Waals surface area contributed by atoms with E-state index in [1.165, 1.54) is 7.11 Å². The van der Waals surface area contributed by atoms with E-state index in [0.717, 1.165) is 5.56 Å². The number of rotatable bonds is 8. The molecule has 0 N–H and O–H groups in total. The van der Waals surface area contributed by atoms with Crippen molar-refractivity contribution in [1.82, 2.24) is 0 Å². The van der Waals surface area contributed by atoms with E-state index in [4.69, 9.17) is 18.6 Å². The summed E-state index contributed by atoms with van der Waals surface area (Å²) in [6, 6.07) is 10.0. The van der Waals surface area contributed by atoms with Crippen molar-refractivity contribution >= 4 is 5.76 Å². The van der Waals surface area contributed by atoms with Crippen molar-refractivity contribution in [1.29, 1.82) is 0 Å². The second-order valence-corrected chi connectivity index (χ2v) is 4.31. The molecule has 118 valence electrons. The van der Waals surface area contributed by atoms with E-state index in [1.54, 1.807) is 42.7 Å². The third-order valence-electron chi connectivity index (χ3n) is 2.84. The molecule has 0 amide bonds. The summed E-state index contributed by atoms with van der Waals surface area (Å²) in [6.45, 7) is 0.378. The number of furan rings is 1. The van der Waals surface area contributed by atoms with Crippen LogP contribution >= 0.6 is 0 Å². The second-order valence-electron chi connectivity index (χ2n) is 4.31. The summed E-state index contributed by atoms with van der Waals surface area (Å²) in [5, 5.41) is 0. The number of hydrogen-bond acceptors (Lipinski definition) is 4. The van der Waals surface area contributed by atoms with Crippen LogP contribution < -0.4 is 0 Å². The van der Waals surface area contributed by atoms with Crippen LogP contribution in [0.3, 0.4) is 0 Å². The molecule has 0 fully saturated rings. The van der Waals surface area contributed by atoms with Crippen molar-refractivity contribution in [3.63, 3.8) is 0 Å². The fourth-order valence-electron chi connectivity index (χ4n) is 1.78. The lowest BCUT2D eigenvalue weighted by Crippen LogP contribution is -2.06. The molecule has 0 saturated carbocycles. The van der Waals surface area contributed by atoms with E-state index in [2.05, 4.69) is 0 Å². The molecular weight excluding hydrogens is 294 g/mol. The number of ether oxygens (including phenoxy) is 3. The lowest BCUT2D eigenvalue weighted by atomic mass is 10.1. The van der Waals surface area contributed by atoms with Crippen molar-refractivity contribution in [2.75, 3.05) is 27.1 Å². The topological polar surface area (TPSA) is 40.8 Å². The summed E-state index contributed by atoms with van der Waals surface area (Å²) >= 11 is 0. The van der Waals surface area contributed by atoms with Crippen LogP contribution in [-0.2, 0) is 14.2 Å². The van der Waals surface area contributed by atoms with E-state index in [-0.39, 0.29) is 19.0 Å². The van der Waals surface area contributed by atoms with Gasteiger partial charge in [0.15, 0.2) is 12.6 Å². The first-order chi connectivity index (χ1) is 10.7. The summed E-state index contributed by atoms with van der Waals surface area (Å²) in [5.41, 5.74) is 1.06. The van der Waals surface area contributed by atoms with E-state index in [0.29, 0.717) is 12.4 Å². The van der Waals surface area contributed by atoms with E-state index in [1.807, 2.05) is 0 Å². The highest BCUT2D eigenvalue weighted by Gasteiger charge is 2.12. The molecule has 0 atom stereocenters. The number of methoxy groups -OCH3 is 1. The highest BCUT2D eigenvalue weighted by atomic mass is 19.3. The van der Waals surface area contributed by atoms with Crippen LogP contribution in [0.15, 0.2) is 53.2 Å². The Labute approximate surface area is 126 Å². The van der Waals surface area contributed by atoms with Crippen LogP contribution in [0.5, 0.6) is 0 Å². The van der Waals surface area contributed by atoms with Gasteiger partial charge in [0.2, 0.25) is 0 Å². The molecule has 1 aromatic carbocycles. The van der Waals surface area contributed by atoms with Gasteiger partial charge in [-0.3, -0.25) is 0 Å². The van der Waals surface area contributed by atoms with E-state index >= 15 is 0 Å². The quantitative estimate of drug-likeness (QED) is 0.417. The molecule has 0 unspecified atom stereocenters. The fourth-order valence-corrected chi connectivity index (χ4v) is 1.78. The smallest absolute Gasteiger partial charge is 0.312 e. The summed E-state index contributed by atoms with van der Waals surface area (Å²) in [7, 11) is 1.53. The first-order valence-corrected chi connectivity index (χ1v) is 6.61. The van der Waals surface area contributed by atoms with Crippen molar-refractivity contribution in [3.8, 4) is 11.3 Å².